The Bertz CT molecular complexity index is 586. The van der Waals surface area contributed by atoms with Gasteiger partial charge in [0, 0.05) is 0 Å². The summed E-state index contributed by atoms with van der Waals surface area (Å²) in [5.41, 5.74) is 1.75. The van der Waals surface area contributed by atoms with E-state index >= 15 is 0 Å². The second kappa shape index (κ2) is 3.61. The van der Waals surface area contributed by atoms with Crippen LogP contribution in [0.25, 0.3) is 12.7 Å². The predicted molar refractivity (Wildman–Crippen MR) is 58.8 cm³/mol. The molecule has 0 aliphatic heterocycles. The van der Waals surface area contributed by atoms with Gasteiger partial charge in [0.15, 0.2) is 0 Å². The predicted octanol–water partition coefficient (Wildman–Crippen LogP) is 0.515. The first kappa shape index (κ1) is 9.52. The van der Waals surface area contributed by atoms with Crippen LogP contribution in [0.15, 0.2) is 33.6 Å². The van der Waals surface area contributed by atoms with E-state index < -0.39 is 0 Å². The van der Waals surface area contributed by atoms with Gasteiger partial charge in [0.25, 0.3) is 0 Å². The fourth-order valence-corrected chi connectivity index (χ4v) is 1.32. The van der Waals surface area contributed by atoms with Crippen LogP contribution in [0, 0.1) is 6.92 Å². The minimum atomic E-state index is -0.388. The van der Waals surface area contributed by atoms with E-state index in [0.29, 0.717) is 10.6 Å². The van der Waals surface area contributed by atoms with E-state index in [2.05, 4.69) is 16.3 Å². The summed E-state index contributed by atoms with van der Waals surface area (Å²) in [6, 6.07) is 7.87. The van der Waals surface area contributed by atoms with E-state index in [0.717, 1.165) is 5.56 Å². The number of benzene rings is 1. The van der Waals surface area contributed by atoms with Gasteiger partial charge >= 0.3 is 5.63 Å². The first-order valence-electron chi connectivity index (χ1n) is 4.61. The molecule has 0 aliphatic rings. The molecular formula is C12H11NO2. The SMILES string of the molecule is C=c1[nH]oc(=O)/c1=C/c1ccc(C)cc1. The minimum Gasteiger partial charge on any atom is -0.338 e. The molecule has 0 atom stereocenters. The summed E-state index contributed by atoms with van der Waals surface area (Å²) in [6.07, 6.45) is 1.75. The summed E-state index contributed by atoms with van der Waals surface area (Å²) in [5.74, 6) is 0. The number of nitrogens with one attached hydrogen (secondary N) is 1. The monoisotopic (exact) mass is 201 g/mol. The van der Waals surface area contributed by atoms with Crippen molar-refractivity contribution in [2.75, 3.05) is 0 Å². The molecule has 0 aliphatic carbocycles. The first-order valence-corrected chi connectivity index (χ1v) is 4.61. The van der Waals surface area contributed by atoms with Crippen molar-refractivity contribution in [3.63, 3.8) is 0 Å². The van der Waals surface area contributed by atoms with E-state index in [9.17, 15) is 4.79 Å². The van der Waals surface area contributed by atoms with Gasteiger partial charge in [0.1, 0.15) is 0 Å². The maximum Gasteiger partial charge on any atom is 0.365 e. The molecule has 3 nitrogen and oxygen atoms in total. The molecule has 15 heavy (non-hydrogen) atoms. The molecule has 2 rings (SSSR count). The zero-order valence-electron chi connectivity index (χ0n) is 8.41. The highest BCUT2D eigenvalue weighted by molar-refractivity contribution is 5.49. The van der Waals surface area contributed by atoms with Gasteiger partial charge in [-0.1, -0.05) is 36.4 Å². The van der Waals surface area contributed by atoms with Gasteiger partial charge in [-0.15, -0.1) is 0 Å². The van der Waals surface area contributed by atoms with Crippen LogP contribution in [-0.2, 0) is 0 Å². The quantitative estimate of drug-likeness (QED) is 0.731. The molecule has 0 amide bonds. The number of rotatable bonds is 1. The Labute approximate surface area is 86.3 Å². The van der Waals surface area contributed by atoms with Gasteiger partial charge in [-0.25, -0.2) is 9.95 Å². The Morgan fingerprint density at radius 1 is 1.33 bits per heavy atom. The minimum absolute atomic E-state index is 0.388. The maximum atomic E-state index is 11.2. The Morgan fingerprint density at radius 3 is 2.53 bits per heavy atom. The van der Waals surface area contributed by atoms with E-state index in [1.807, 2.05) is 31.2 Å². The van der Waals surface area contributed by atoms with Gasteiger partial charge in [0.05, 0.1) is 10.6 Å². The highest BCUT2D eigenvalue weighted by Gasteiger charge is 1.95. The second-order valence-corrected chi connectivity index (χ2v) is 3.44. The molecule has 2 aromatic rings. The van der Waals surface area contributed by atoms with Gasteiger partial charge in [-0.2, -0.15) is 0 Å². The Morgan fingerprint density at radius 2 is 2.00 bits per heavy atom. The van der Waals surface area contributed by atoms with Crippen LogP contribution in [0.2, 0.25) is 0 Å². The summed E-state index contributed by atoms with van der Waals surface area (Å²) in [5, 5.41) is 3.41. The van der Waals surface area contributed by atoms with Crippen LogP contribution in [0.3, 0.4) is 0 Å². The van der Waals surface area contributed by atoms with Crippen molar-refractivity contribution in [2.24, 2.45) is 0 Å². The van der Waals surface area contributed by atoms with Crippen LogP contribution in [0.4, 0.5) is 0 Å². The van der Waals surface area contributed by atoms with Crippen molar-refractivity contribution in [1.82, 2.24) is 5.16 Å². The summed E-state index contributed by atoms with van der Waals surface area (Å²) >= 11 is 0. The first-order chi connectivity index (χ1) is 7.16. The van der Waals surface area contributed by atoms with Crippen molar-refractivity contribution in [1.29, 1.82) is 0 Å². The lowest BCUT2D eigenvalue weighted by molar-refractivity contribution is 0.386. The third kappa shape index (κ3) is 1.91. The molecule has 1 N–H and O–H groups in total. The molecule has 76 valence electrons. The largest absolute Gasteiger partial charge is 0.365 e. The molecular weight excluding hydrogens is 190 g/mol. The van der Waals surface area contributed by atoms with Gasteiger partial charge in [0.2, 0.25) is 0 Å². The molecule has 0 radical (unpaired) electrons. The molecule has 3 heteroatoms. The van der Waals surface area contributed by atoms with Gasteiger partial charge < -0.3 is 4.52 Å². The average molecular weight is 201 g/mol. The van der Waals surface area contributed by atoms with E-state index in [1.54, 1.807) is 6.08 Å². The summed E-state index contributed by atoms with van der Waals surface area (Å²) in [4.78, 5) is 11.2. The highest BCUT2D eigenvalue weighted by Crippen LogP contribution is 2.02. The Hall–Kier alpha value is -2.03. The maximum absolute atomic E-state index is 11.2. The second-order valence-electron chi connectivity index (χ2n) is 3.44. The molecule has 1 heterocycles. The van der Waals surface area contributed by atoms with Crippen molar-refractivity contribution in [3.05, 3.63) is 56.4 Å². The zero-order chi connectivity index (χ0) is 10.8. The molecule has 0 saturated carbocycles. The van der Waals surface area contributed by atoms with E-state index in [1.165, 1.54) is 5.56 Å². The van der Waals surface area contributed by atoms with Crippen LogP contribution in [0.5, 0.6) is 0 Å². The normalized spacial score (nSPS) is 11.9. The molecule has 0 unspecified atom stereocenters. The third-order valence-electron chi connectivity index (χ3n) is 2.20. The third-order valence-corrected chi connectivity index (χ3v) is 2.20. The van der Waals surface area contributed by atoms with Crippen LogP contribution >= 0.6 is 0 Å². The van der Waals surface area contributed by atoms with Crippen LogP contribution in [-0.4, -0.2) is 5.16 Å². The lowest BCUT2D eigenvalue weighted by Gasteiger charge is -1.92. The number of hydrogen-bond acceptors (Lipinski definition) is 2. The number of H-pyrrole nitrogens is 1. The molecule has 1 aromatic carbocycles. The number of aromatic amines is 1. The van der Waals surface area contributed by atoms with Gasteiger partial charge in [-0.3, -0.25) is 0 Å². The summed E-state index contributed by atoms with van der Waals surface area (Å²) in [7, 11) is 0. The number of aryl methyl sites for hydroxylation is 1. The van der Waals surface area contributed by atoms with E-state index in [-0.39, 0.29) is 5.63 Å². The smallest absolute Gasteiger partial charge is 0.338 e. The molecule has 0 spiro atoms. The Kier molecular flexibility index (Phi) is 2.29. The van der Waals surface area contributed by atoms with E-state index in [4.69, 9.17) is 0 Å². The fourth-order valence-electron chi connectivity index (χ4n) is 1.32. The summed E-state index contributed by atoms with van der Waals surface area (Å²) < 4.78 is 4.62. The van der Waals surface area contributed by atoms with Gasteiger partial charge in [-0.05, 0) is 18.6 Å². The fraction of sp³-hybridized carbons (Fsp3) is 0.0833. The van der Waals surface area contributed by atoms with Crippen molar-refractivity contribution in [2.45, 2.75) is 6.92 Å². The Balaban J connectivity index is 2.61. The highest BCUT2D eigenvalue weighted by atomic mass is 16.5. The van der Waals surface area contributed by atoms with Crippen LogP contribution < -0.4 is 16.2 Å². The zero-order valence-corrected chi connectivity index (χ0v) is 8.41. The summed E-state index contributed by atoms with van der Waals surface area (Å²) in [6.45, 7) is 5.69. The van der Waals surface area contributed by atoms with Crippen molar-refractivity contribution >= 4 is 12.7 Å². The number of hydrogen-bond donors (Lipinski definition) is 1. The topological polar surface area (TPSA) is 46.0 Å². The molecule has 0 saturated heterocycles. The van der Waals surface area contributed by atoms with Crippen molar-refractivity contribution < 1.29 is 4.52 Å². The standard InChI is InChI=1S/C12H11NO2/c1-8-3-5-10(6-4-8)7-11-9(2)13-15-12(11)14/h3-7,13H,2H2,1H3/b11-7+. The molecule has 1 aromatic heterocycles. The van der Waals surface area contributed by atoms with Crippen molar-refractivity contribution in [3.8, 4) is 0 Å². The van der Waals surface area contributed by atoms with Crippen LogP contribution in [0.1, 0.15) is 11.1 Å². The lowest BCUT2D eigenvalue weighted by atomic mass is 10.1. The average Bonchev–Trinajstić information content (AvgIpc) is 2.53. The number of aromatic nitrogens is 1. The lowest BCUT2D eigenvalue weighted by Crippen LogP contribution is -2.31. The molecule has 0 fully saturated rings. The molecule has 0 bridgehead atoms.